The molecule has 2 heterocycles. The second-order valence-electron chi connectivity index (χ2n) is 8.07. The molecule has 0 bridgehead atoms. The SMILES string of the molecule is O=C(N[C@H]1CCCc2oc(-c3ccnc(C4CC4)c3)nc21)c1cccc(C(F)(F)F)c1. The molecule has 3 aromatic rings. The summed E-state index contributed by atoms with van der Waals surface area (Å²) in [5.41, 5.74) is 1.63. The fourth-order valence-electron chi connectivity index (χ4n) is 3.94. The Bertz CT molecular complexity index is 1140. The van der Waals surface area contributed by atoms with Crippen molar-refractivity contribution in [1.82, 2.24) is 15.3 Å². The molecule has 5 nitrogen and oxygen atoms in total. The Morgan fingerprint density at radius 3 is 2.74 bits per heavy atom. The summed E-state index contributed by atoms with van der Waals surface area (Å²) in [5.74, 6) is 1.13. The average Bonchev–Trinajstić information content (AvgIpc) is 3.52. The lowest BCUT2D eigenvalue weighted by Crippen LogP contribution is -2.31. The van der Waals surface area contributed by atoms with Crippen molar-refractivity contribution in [3.8, 4) is 11.5 Å². The molecular formula is C23H20F3N3O2. The third-order valence-corrected chi connectivity index (χ3v) is 5.74. The Labute approximate surface area is 176 Å². The first-order chi connectivity index (χ1) is 14.9. The van der Waals surface area contributed by atoms with Crippen LogP contribution in [0.15, 0.2) is 47.0 Å². The molecule has 1 saturated carbocycles. The summed E-state index contributed by atoms with van der Waals surface area (Å²) in [7, 11) is 0. The molecule has 1 atom stereocenters. The predicted molar refractivity (Wildman–Crippen MR) is 106 cm³/mol. The van der Waals surface area contributed by atoms with Gasteiger partial charge in [-0.1, -0.05) is 6.07 Å². The van der Waals surface area contributed by atoms with E-state index in [0.29, 0.717) is 36.1 Å². The van der Waals surface area contributed by atoms with Crippen molar-refractivity contribution in [2.75, 3.05) is 0 Å². The Morgan fingerprint density at radius 2 is 1.97 bits per heavy atom. The van der Waals surface area contributed by atoms with E-state index in [1.54, 1.807) is 6.20 Å². The molecule has 5 rings (SSSR count). The Kier molecular flexibility index (Phi) is 4.79. The molecule has 1 N–H and O–H groups in total. The Hall–Kier alpha value is -3.16. The van der Waals surface area contributed by atoms with Crippen LogP contribution in [0, 0.1) is 0 Å². The minimum atomic E-state index is -4.50. The molecule has 160 valence electrons. The molecule has 0 spiro atoms. The van der Waals surface area contributed by atoms with Gasteiger partial charge in [-0.25, -0.2) is 4.98 Å². The number of benzene rings is 1. The van der Waals surface area contributed by atoms with Gasteiger partial charge in [-0.2, -0.15) is 13.2 Å². The second kappa shape index (κ2) is 7.51. The van der Waals surface area contributed by atoms with Crippen molar-refractivity contribution in [3.63, 3.8) is 0 Å². The lowest BCUT2D eigenvalue weighted by atomic mass is 9.96. The Balaban J connectivity index is 1.38. The van der Waals surface area contributed by atoms with Crippen molar-refractivity contribution in [3.05, 3.63) is 70.9 Å². The summed E-state index contributed by atoms with van der Waals surface area (Å²) in [6.07, 6.45) is 1.67. The average molecular weight is 427 g/mol. The zero-order chi connectivity index (χ0) is 21.6. The van der Waals surface area contributed by atoms with E-state index < -0.39 is 23.7 Å². The highest BCUT2D eigenvalue weighted by Crippen LogP contribution is 2.40. The van der Waals surface area contributed by atoms with Crippen LogP contribution in [0.1, 0.15) is 70.7 Å². The van der Waals surface area contributed by atoms with Gasteiger partial charge in [0.25, 0.3) is 5.91 Å². The Morgan fingerprint density at radius 1 is 1.13 bits per heavy atom. The van der Waals surface area contributed by atoms with E-state index >= 15 is 0 Å². The number of rotatable bonds is 4. The molecule has 8 heteroatoms. The van der Waals surface area contributed by atoms with Crippen LogP contribution in [0.25, 0.3) is 11.5 Å². The molecule has 1 amide bonds. The number of halogens is 3. The van der Waals surface area contributed by atoms with Crippen LogP contribution in [-0.2, 0) is 12.6 Å². The molecule has 0 aliphatic heterocycles. The molecule has 0 saturated heterocycles. The van der Waals surface area contributed by atoms with Crippen LogP contribution in [-0.4, -0.2) is 15.9 Å². The number of oxazole rings is 1. The summed E-state index contributed by atoms with van der Waals surface area (Å²) in [6.45, 7) is 0. The molecule has 31 heavy (non-hydrogen) atoms. The maximum absolute atomic E-state index is 13.0. The maximum atomic E-state index is 13.0. The monoisotopic (exact) mass is 427 g/mol. The fraction of sp³-hybridized carbons (Fsp3) is 0.348. The first-order valence-electron chi connectivity index (χ1n) is 10.3. The predicted octanol–water partition coefficient (Wildman–Crippen LogP) is 5.44. The summed E-state index contributed by atoms with van der Waals surface area (Å²) < 4.78 is 44.9. The number of aromatic nitrogens is 2. The van der Waals surface area contributed by atoms with Crippen LogP contribution in [0.4, 0.5) is 13.2 Å². The molecule has 1 aromatic carbocycles. The molecular weight excluding hydrogens is 407 g/mol. The molecule has 2 aliphatic carbocycles. The maximum Gasteiger partial charge on any atom is 0.416 e. The van der Waals surface area contributed by atoms with E-state index in [1.165, 1.54) is 12.1 Å². The highest BCUT2D eigenvalue weighted by molar-refractivity contribution is 5.94. The number of fused-ring (bicyclic) bond motifs is 1. The van der Waals surface area contributed by atoms with Gasteiger partial charge in [0.05, 0.1) is 11.6 Å². The van der Waals surface area contributed by atoms with E-state index in [2.05, 4.69) is 15.3 Å². The number of pyridine rings is 1. The first kappa shape index (κ1) is 19.8. The molecule has 2 aromatic heterocycles. The number of nitrogens with one attached hydrogen (secondary N) is 1. The number of hydrogen-bond donors (Lipinski definition) is 1. The molecule has 1 fully saturated rings. The number of aryl methyl sites for hydroxylation is 1. The number of nitrogens with zero attached hydrogens (tertiary/aromatic N) is 2. The number of alkyl halides is 3. The zero-order valence-corrected chi connectivity index (χ0v) is 16.6. The number of carbonyl (C=O) groups excluding carboxylic acids is 1. The van der Waals surface area contributed by atoms with Gasteiger partial charge >= 0.3 is 6.18 Å². The van der Waals surface area contributed by atoms with Gasteiger partial charge in [-0.3, -0.25) is 9.78 Å². The van der Waals surface area contributed by atoms with Gasteiger partial charge in [0, 0.05) is 35.4 Å². The van der Waals surface area contributed by atoms with Crippen LogP contribution in [0.2, 0.25) is 0 Å². The van der Waals surface area contributed by atoms with E-state index in [9.17, 15) is 18.0 Å². The van der Waals surface area contributed by atoms with Gasteiger partial charge in [0.1, 0.15) is 11.5 Å². The first-order valence-corrected chi connectivity index (χ1v) is 10.3. The van der Waals surface area contributed by atoms with Gasteiger partial charge in [0.15, 0.2) is 0 Å². The summed E-state index contributed by atoms with van der Waals surface area (Å²) in [6, 6.07) is 7.85. The third-order valence-electron chi connectivity index (χ3n) is 5.74. The lowest BCUT2D eigenvalue weighted by molar-refractivity contribution is -0.137. The molecule has 2 aliphatic rings. The smallest absolute Gasteiger partial charge is 0.416 e. The van der Waals surface area contributed by atoms with Crippen molar-refractivity contribution < 1.29 is 22.4 Å². The fourth-order valence-corrected chi connectivity index (χ4v) is 3.94. The summed E-state index contributed by atoms with van der Waals surface area (Å²) in [4.78, 5) is 21.7. The van der Waals surface area contributed by atoms with Gasteiger partial charge in [0.2, 0.25) is 5.89 Å². The molecule has 0 unspecified atom stereocenters. The van der Waals surface area contributed by atoms with Crippen molar-refractivity contribution in [1.29, 1.82) is 0 Å². The van der Waals surface area contributed by atoms with Crippen LogP contribution in [0.5, 0.6) is 0 Å². The van der Waals surface area contributed by atoms with Crippen molar-refractivity contribution in [2.24, 2.45) is 0 Å². The van der Waals surface area contributed by atoms with E-state index in [1.807, 2.05) is 12.1 Å². The quantitative estimate of drug-likeness (QED) is 0.602. The van der Waals surface area contributed by atoms with Crippen LogP contribution < -0.4 is 5.32 Å². The van der Waals surface area contributed by atoms with E-state index in [-0.39, 0.29) is 5.56 Å². The van der Waals surface area contributed by atoms with Crippen molar-refractivity contribution >= 4 is 5.91 Å². The summed E-state index contributed by atoms with van der Waals surface area (Å²) in [5, 5.41) is 2.83. The van der Waals surface area contributed by atoms with Crippen LogP contribution in [0.3, 0.4) is 0 Å². The largest absolute Gasteiger partial charge is 0.441 e. The highest BCUT2D eigenvalue weighted by Gasteiger charge is 2.32. The minimum absolute atomic E-state index is 0.0334. The minimum Gasteiger partial charge on any atom is -0.441 e. The van der Waals surface area contributed by atoms with E-state index in [4.69, 9.17) is 4.42 Å². The number of hydrogen-bond acceptors (Lipinski definition) is 4. The van der Waals surface area contributed by atoms with Gasteiger partial charge < -0.3 is 9.73 Å². The van der Waals surface area contributed by atoms with Gasteiger partial charge in [-0.05, 0) is 56.0 Å². The normalized spacial score (nSPS) is 18.5. The topological polar surface area (TPSA) is 68.0 Å². The van der Waals surface area contributed by atoms with Crippen molar-refractivity contribution in [2.45, 2.75) is 50.2 Å². The second-order valence-corrected chi connectivity index (χ2v) is 8.07. The zero-order valence-electron chi connectivity index (χ0n) is 16.6. The number of amides is 1. The summed E-state index contributed by atoms with van der Waals surface area (Å²) >= 11 is 0. The lowest BCUT2D eigenvalue weighted by Gasteiger charge is -2.21. The standard InChI is InChI=1S/C23H20F3N3O2/c24-23(25,26)16-4-1-3-14(11-16)21(30)28-17-5-2-6-19-20(17)29-22(31-19)15-9-10-27-18(12-15)13-7-8-13/h1,3-4,9-13,17H,2,5-8H2,(H,28,30)/t17-/m0/s1. The number of carbonyl (C=O) groups is 1. The highest BCUT2D eigenvalue weighted by atomic mass is 19.4. The molecule has 0 radical (unpaired) electrons. The third kappa shape index (κ3) is 4.06. The van der Waals surface area contributed by atoms with Gasteiger partial charge in [-0.15, -0.1) is 0 Å². The van der Waals surface area contributed by atoms with Crippen LogP contribution >= 0.6 is 0 Å². The van der Waals surface area contributed by atoms with E-state index in [0.717, 1.165) is 42.7 Å².